The van der Waals surface area contributed by atoms with Crippen LogP contribution in [0.15, 0.2) is 133 Å². The van der Waals surface area contributed by atoms with Crippen molar-refractivity contribution >= 4 is 33.2 Å². The summed E-state index contributed by atoms with van der Waals surface area (Å²) in [6.07, 6.45) is 5.99. The van der Waals surface area contributed by atoms with Gasteiger partial charge in [0.25, 0.3) is 0 Å². The van der Waals surface area contributed by atoms with Crippen molar-refractivity contribution in [2.24, 2.45) is 5.92 Å². The summed E-state index contributed by atoms with van der Waals surface area (Å²) in [6.45, 7) is 4.78. The van der Waals surface area contributed by atoms with Crippen LogP contribution < -0.4 is 4.90 Å². The summed E-state index contributed by atoms with van der Waals surface area (Å²) in [5, 5.41) is 2.58. The molecule has 0 spiro atoms. The largest absolute Gasteiger partial charge is 0.334 e. The van der Waals surface area contributed by atoms with Gasteiger partial charge in [0, 0.05) is 33.8 Å². The fourth-order valence-electron chi connectivity index (χ4n) is 7.49. The second-order valence-electron chi connectivity index (χ2n) is 11.8. The van der Waals surface area contributed by atoms with Crippen LogP contribution in [0.1, 0.15) is 31.7 Å². The normalized spacial score (nSPS) is 21.6. The van der Waals surface area contributed by atoms with Crippen molar-refractivity contribution in [2.75, 3.05) is 4.90 Å². The molecule has 2 nitrogen and oxygen atoms in total. The molecule has 1 aliphatic carbocycles. The molecule has 0 fully saturated rings. The number of para-hydroxylation sites is 3. The molecule has 0 bridgehead atoms. The first-order chi connectivity index (χ1) is 19.6. The zero-order valence-corrected chi connectivity index (χ0v) is 23.0. The molecule has 1 aromatic heterocycles. The van der Waals surface area contributed by atoms with Gasteiger partial charge in [0.1, 0.15) is 0 Å². The minimum atomic E-state index is 0.0450. The Morgan fingerprint density at radius 2 is 1.15 bits per heavy atom. The second-order valence-corrected chi connectivity index (χ2v) is 11.8. The van der Waals surface area contributed by atoms with Crippen molar-refractivity contribution in [3.05, 3.63) is 139 Å². The molecule has 3 atom stereocenters. The molecule has 0 saturated carbocycles. The van der Waals surface area contributed by atoms with Crippen LogP contribution in [0.3, 0.4) is 0 Å². The Hall–Kier alpha value is -4.56. The molecule has 0 radical (unpaired) electrons. The average molecular weight is 517 g/mol. The molecular weight excluding hydrogens is 484 g/mol. The van der Waals surface area contributed by atoms with E-state index in [-0.39, 0.29) is 5.54 Å². The lowest BCUT2D eigenvalue weighted by Crippen LogP contribution is -2.45. The molecular formula is C38H32N2. The summed E-state index contributed by atoms with van der Waals surface area (Å²) >= 11 is 0. The van der Waals surface area contributed by atoms with Crippen LogP contribution in [-0.2, 0) is 0 Å². The van der Waals surface area contributed by atoms with Crippen molar-refractivity contribution in [3.63, 3.8) is 0 Å². The number of nitrogens with zero attached hydrogens (tertiary/aromatic N) is 2. The first-order valence-corrected chi connectivity index (χ1v) is 14.4. The van der Waals surface area contributed by atoms with E-state index in [2.05, 4.69) is 157 Å². The second kappa shape index (κ2) is 8.72. The standard InChI is InChI=1S/C38H32N2/c1-26-15-24-34-33-11-5-8-14-37(33)40(38(34,2)25-26)30-22-18-28(19-23-30)27-16-20-29(21-17-27)39-35-12-6-3-9-31(35)32-10-4-7-13-36(32)39/h3-24,26,34H,25H2,1-2H3. The van der Waals surface area contributed by atoms with Gasteiger partial charge in [0.05, 0.1) is 16.6 Å². The summed E-state index contributed by atoms with van der Waals surface area (Å²) in [5.74, 6) is 0.998. The lowest BCUT2D eigenvalue weighted by atomic mass is 9.73. The molecule has 0 amide bonds. The molecule has 40 heavy (non-hydrogen) atoms. The maximum Gasteiger partial charge on any atom is 0.0541 e. The van der Waals surface area contributed by atoms with Gasteiger partial charge in [0.2, 0.25) is 0 Å². The lowest BCUT2D eigenvalue weighted by molar-refractivity contribution is 0.351. The summed E-state index contributed by atoms with van der Waals surface area (Å²) in [6, 6.07) is 44.5. The van der Waals surface area contributed by atoms with Gasteiger partial charge >= 0.3 is 0 Å². The average Bonchev–Trinajstić information content (AvgIpc) is 3.46. The van der Waals surface area contributed by atoms with Gasteiger partial charge in [0.15, 0.2) is 0 Å². The number of benzene rings is 5. The van der Waals surface area contributed by atoms with Crippen molar-refractivity contribution < 1.29 is 0 Å². The number of hydrogen-bond donors (Lipinski definition) is 0. The zero-order valence-electron chi connectivity index (χ0n) is 23.0. The van der Waals surface area contributed by atoms with Gasteiger partial charge in [-0.15, -0.1) is 0 Å². The Morgan fingerprint density at radius 1 is 0.600 bits per heavy atom. The number of fused-ring (bicyclic) bond motifs is 6. The zero-order chi connectivity index (χ0) is 26.8. The smallest absolute Gasteiger partial charge is 0.0541 e. The van der Waals surface area contributed by atoms with Gasteiger partial charge < -0.3 is 9.47 Å². The molecule has 3 unspecified atom stereocenters. The van der Waals surface area contributed by atoms with Gasteiger partial charge in [-0.05, 0) is 78.4 Å². The van der Waals surface area contributed by atoms with E-state index in [1.54, 1.807) is 0 Å². The fraction of sp³-hybridized carbons (Fsp3) is 0.158. The minimum absolute atomic E-state index is 0.0450. The monoisotopic (exact) mass is 516 g/mol. The van der Waals surface area contributed by atoms with Crippen molar-refractivity contribution in [1.29, 1.82) is 0 Å². The fourth-order valence-corrected chi connectivity index (χ4v) is 7.49. The van der Waals surface area contributed by atoms with Crippen molar-refractivity contribution in [3.8, 4) is 16.8 Å². The van der Waals surface area contributed by atoms with E-state index in [1.807, 2.05) is 0 Å². The maximum atomic E-state index is 2.60. The van der Waals surface area contributed by atoms with Crippen molar-refractivity contribution in [2.45, 2.75) is 31.7 Å². The van der Waals surface area contributed by atoms with E-state index in [1.165, 1.54) is 55.6 Å². The molecule has 5 aromatic carbocycles. The Labute approximate surface area is 235 Å². The van der Waals surface area contributed by atoms with Crippen LogP contribution in [0.25, 0.3) is 38.6 Å². The summed E-state index contributed by atoms with van der Waals surface area (Å²) < 4.78 is 2.37. The predicted octanol–water partition coefficient (Wildman–Crippen LogP) is 10.0. The van der Waals surface area contributed by atoms with Gasteiger partial charge in [-0.1, -0.05) is 97.9 Å². The van der Waals surface area contributed by atoms with E-state index in [9.17, 15) is 0 Å². The predicted molar refractivity (Wildman–Crippen MR) is 169 cm³/mol. The van der Waals surface area contributed by atoms with Crippen LogP contribution in [0.2, 0.25) is 0 Å². The highest BCUT2D eigenvalue weighted by atomic mass is 15.2. The summed E-state index contributed by atoms with van der Waals surface area (Å²) in [7, 11) is 0. The van der Waals surface area contributed by atoms with Gasteiger partial charge in [-0.2, -0.15) is 0 Å². The number of allylic oxidation sites excluding steroid dienone is 1. The number of anilines is 2. The Bertz CT molecular complexity index is 1850. The van der Waals surface area contributed by atoms with E-state index < -0.39 is 0 Å². The SMILES string of the molecule is CC1C=CC2c3ccccc3N(c3ccc(-c4ccc(-n5c6ccccc6c6ccccc65)cc4)cc3)C2(C)C1. The number of hydrogen-bond acceptors (Lipinski definition) is 1. The molecule has 194 valence electrons. The van der Waals surface area contributed by atoms with Crippen LogP contribution in [0.4, 0.5) is 11.4 Å². The van der Waals surface area contributed by atoms with E-state index >= 15 is 0 Å². The lowest BCUT2D eigenvalue weighted by Gasteiger charge is -2.44. The molecule has 2 heterocycles. The summed E-state index contributed by atoms with van der Waals surface area (Å²) in [5.41, 5.74) is 10.2. The highest BCUT2D eigenvalue weighted by molar-refractivity contribution is 6.09. The Morgan fingerprint density at radius 3 is 1.80 bits per heavy atom. The Kier molecular flexibility index (Phi) is 5.09. The minimum Gasteiger partial charge on any atom is -0.334 e. The van der Waals surface area contributed by atoms with Crippen LogP contribution >= 0.6 is 0 Å². The highest BCUT2D eigenvalue weighted by Gasteiger charge is 2.49. The number of aromatic nitrogens is 1. The molecule has 8 rings (SSSR count). The van der Waals surface area contributed by atoms with Crippen LogP contribution in [0, 0.1) is 5.92 Å². The van der Waals surface area contributed by atoms with Gasteiger partial charge in [-0.3, -0.25) is 0 Å². The molecule has 1 aliphatic heterocycles. The first-order valence-electron chi connectivity index (χ1n) is 14.4. The molecule has 0 N–H and O–H groups in total. The van der Waals surface area contributed by atoms with E-state index in [0.717, 1.165) is 6.42 Å². The molecule has 2 heteroatoms. The third-order valence-electron chi connectivity index (χ3n) is 9.23. The van der Waals surface area contributed by atoms with Crippen molar-refractivity contribution in [1.82, 2.24) is 4.57 Å². The Balaban J connectivity index is 1.15. The molecule has 2 aliphatic rings. The maximum absolute atomic E-state index is 2.60. The summed E-state index contributed by atoms with van der Waals surface area (Å²) in [4.78, 5) is 2.60. The molecule has 0 saturated heterocycles. The first kappa shape index (κ1) is 23.3. The van der Waals surface area contributed by atoms with Crippen LogP contribution in [-0.4, -0.2) is 10.1 Å². The van der Waals surface area contributed by atoms with E-state index in [0.29, 0.717) is 11.8 Å². The van der Waals surface area contributed by atoms with E-state index in [4.69, 9.17) is 0 Å². The molecule has 6 aromatic rings. The topological polar surface area (TPSA) is 8.17 Å². The van der Waals surface area contributed by atoms with Gasteiger partial charge in [-0.25, -0.2) is 0 Å². The number of rotatable bonds is 3. The van der Waals surface area contributed by atoms with Crippen LogP contribution in [0.5, 0.6) is 0 Å². The third-order valence-corrected chi connectivity index (χ3v) is 9.23. The third kappa shape index (κ3) is 3.35. The quantitative estimate of drug-likeness (QED) is 0.212. The highest BCUT2D eigenvalue weighted by Crippen LogP contribution is 2.56.